The van der Waals surface area contributed by atoms with E-state index < -0.39 is 6.09 Å². The summed E-state index contributed by atoms with van der Waals surface area (Å²) in [6.07, 6.45) is -0.593. The molecule has 6 heteroatoms. The van der Waals surface area contributed by atoms with E-state index >= 15 is 0 Å². The van der Waals surface area contributed by atoms with Crippen LogP contribution >= 0.6 is 11.6 Å². The van der Waals surface area contributed by atoms with Crippen molar-refractivity contribution in [2.45, 2.75) is 26.2 Å². The molecule has 26 heavy (non-hydrogen) atoms. The van der Waals surface area contributed by atoms with E-state index in [9.17, 15) is 4.79 Å². The second kappa shape index (κ2) is 7.22. The maximum atomic E-state index is 12.3. The molecular formula is C20H20ClN3O2. The summed E-state index contributed by atoms with van der Waals surface area (Å²) < 4.78 is 6.93. The summed E-state index contributed by atoms with van der Waals surface area (Å²) in [5.74, 6) is 0.953. The van der Waals surface area contributed by atoms with Crippen LogP contribution < -0.4 is 10.1 Å². The zero-order chi connectivity index (χ0) is 18.7. The highest BCUT2D eigenvalue weighted by atomic mass is 35.5. The Morgan fingerprint density at radius 1 is 1.08 bits per heavy atom. The third-order valence-electron chi connectivity index (χ3n) is 3.74. The van der Waals surface area contributed by atoms with Gasteiger partial charge in [0.1, 0.15) is 11.6 Å². The second-order valence-electron chi connectivity index (χ2n) is 6.86. The first-order valence-corrected chi connectivity index (χ1v) is 8.62. The Hall–Kier alpha value is -2.79. The van der Waals surface area contributed by atoms with Gasteiger partial charge in [0.05, 0.1) is 16.4 Å². The quantitative estimate of drug-likeness (QED) is 0.669. The van der Waals surface area contributed by atoms with Crippen LogP contribution in [-0.2, 0) is 5.41 Å². The molecular weight excluding hydrogens is 350 g/mol. The lowest BCUT2D eigenvalue weighted by molar-refractivity contribution is 0.215. The molecule has 1 aromatic heterocycles. The van der Waals surface area contributed by atoms with Gasteiger partial charge in [0.2, 0.25) is 0 Å². The number of halogens is 1. The molecule has 2 aromatic carbocycles. The summed E-state index contributed by atoms with van der Waals surface area (Å²) in [6.45, 7) is 6.16. The van der Waals surface area contributed by atoms with Crippen LogP contribution in [-0.4, -0.2) is 15.9 Å². The zero-order valence-electron chi connectivity index (χ0n) is 14.9. The molecule has 0 aliphatic rings. The number of anilines is 1. The average Bonchev–Trinajstić information content (AvgIpc) is 3.00. The Morgan fingerprint density at radius 3 is 2.38 bits per heavy atom. The number of rotatable bonds is 3. The number of hydrogen-bond acceptors (Lipinski definition) is 3. The fraction of sp³-hybridized carbons (Fsp3) is 0.200. The maximum absolute atomic E-state index is 12.3. The summed E-state index contributed by atoms with van der Waals surface area (Å²) >= 11 is 6.32. The predicted octanol–water partition coefficient (Wildman–Crippen LogP) is 5.43. The molecule has 0 unspecified atom stereocenters. The molecule has 0 aliphatic heterocycles. The van der Waals surface area contributed by atoms with Gasteiger partial charge in [-0.25, -0.2) is 9.48 Å². The third-order valence-corrected chi connectivity index (χ3v) is 4.06. The van der Waals surface area contributed by atoms with Crippen molar-refractivity contribution in [3.8, 4) is 11.4 Å². The molecule has 5 nitrogen and oxygen atoms in total. The van der Waals surface area contributed by atoms with Crippen LogP contribution in [0.1, 0.15) is 26.5 Å². The van der Waals surface area contributed by atoms with E-state index in [-0.39, 0.29) is 5.41 Å². The zero-order valence-corrected chi connectivity index (χ0v) is 15.6. The lowest BCUT2D eigenvalue weighted by Crippen LogP contribution is -2.19. The van der Waals surface area contributed by atoms with Gasteiger partial charge in [0, 0.05) is 11.5 Å². The van der Waals surface area contributed by atoms with Crippen LogP contribution in [0.25, 0.3) is 5.69 Å². The fourth-order valence-electron chi connectivity index (χ4n) is 2.37. The van der Waals surface area contributed by atoms with E-state index in [1.807, 2.05) is 30.3 Å². The molecule has 0 aliphatic carbocycles. The first kappa shape index (κ1) is 18.0. The molecule has 0 spiro atoms. The molecule has 1 heterocycles. The lowest BCUT2D eigenvalue weighted by Gasteiger charge is -2.14. The number of carbonyl (C=O) groups excluding carboxylic acids is 1. The Bertz CT molecular complexity index is 914. The number of aromatic nitrogens is 2. The smallest absolute Gasteiger partial charge is 0.410 e. The number of para-hydroxylation sites is 2. The Morgan fingerprint density at radius 2 is 1.73 bits per heavy atom. The van der Waals surface area contributed by atoms with Gasteiger partial charge >= 0.3 is 6.09 Å². The average molecular weight is 370 g/mol. The predicted molar refractivity (Wildman–Crippen MR) is 103 cm³/mol. The van der Waals surface area contributed by atoms with Gasteiger partial charge < -0.3 is 4.74 Å². The first-order valence-electron chi connectivity index (χ1n) is 8.24. The summed E-state index contributed by atoms with van der Waals surface area (Å²) in [4.78, 5) is 12.3. The van der Waals surface area contributed by atoms with Crippen LogP contribution in [0.2, 0.25) is 5.02 Å². The summed E-state index contributed by atoms with van der Waals surface area (Å²) in [7, 11) is 0. The van der Waals surface area contributed by atoms with Crippen molar-refractivity contribution in [3.63, 3.8) is 0 Å². The topological polar surface area (TPSA) is 56.1 Å². The molecule has 134 valence electrons. The molecule has 1 amide bonds. The standard InChI is InChI=1S/C20H20ClN3O2/c1-20(2,3)17-13-18(22-19(25)26-14-9-5-4-6-10-14)24(23-17)16-12-8-7-11-15(16)21/h4-13H,1-3H3,(H,22,25). The minimum Gasteiger partial charge on any atom is -0.410 e. The van der Waals surface area contributed by atoms with Crippen molar-refractivity contribution in [2.24, 2.45) is 0 Å². The van der Waals surface area contributed by atoms with Gasteiger partial charge in [-0.15, -0.1) is 0 Å². The number of amides is 1. The van der Waals surface area contributed by atoms with Crippen LogP contribution in [0, 0.1) is 0 Å². The molecule has 0 saturated carbocycles. The molecule has 0 fully saturated rings. The normalized spacial score (nSPS) is 11.2. The molecule has 1 N–H and O–H groups in total. The van der Waals surface area contributed by atoms with Gasteiger partial charge in [-0.2, -0.15) is 5.10 Å². The molecule has 0 radical (unpaired) electrons. The number of carbonyl (C=O) groups is 1. The molecule has 0 atom stereocenters. The van der Waals surface area contributed by atoms with Crippen molar-refractivity contribution >= 4 is 23.5 Å². The van der Waals surface area contributed by atoms with Crippen LogP contribution in [0.3, 0.4) is 0 Å². The SMILES string of the molecule is CC(C)(C)c1cc(NC(=O)Oc2ccccc2)n(-c2ccccc2Cl)n1. The minimum absolute atomic E-state index is 0.188. The van der Waals surface area contributed by atoms with E-state index in [2.05, 4.69) is 31.2 Å². The van der Waals surface area contributed by atoms with Crippen molar-refractivity contribution in [1.82, 2.24) is 9.78 Å². The van der Waals surface area contributed by atoms with Gasteiger partial charge in [0.25, 0.3) is 0 Å². The number of nitrogens with zero attached hydrogens (tertiary/aromatic N) is 2. The molecule has 3 rings (SSSR count). The van der Waals surface area contributed by atoms with Gasteiger partial charge in [-0.3, -0.25) is 5.32 Å². The fourth-order valence-corrected chi connectivity index (χ4v) is 2.59. The third kappa shape index (κ3) is 4.06. The largest absolute Gasteiger partial charge is 0.418 e. The van der Waals surface area contributed by atoms with E-state index in [1.54, 1.807) is 35.0 Å². The Labute approximate surface area is 157 Å². The van der Waals surface area contributed by atoms with Gasteiger partial charge in [0.15, 0.2) is 0 Å². The lowest BCUT2D eigenvalue weighted by atomic mass is 9.92. The van der Waals surface area contributed by atoms with E-state index in [1.165, 1.54) is 0 Å². The molecule has 0 saturated heterocycles. The highest BCUT2D eigenvalue weighted by Gasteiger charge is 2.22. The Balaban J connectivity index is 1.94. The van der Waals surface area contributed by atoms with Crippen molar-refractivity contribution in [1.29, 1.82) is 0 Å². The van der Waals surface area contributed by atoms with E-state index in [0.717, 1.165) is 5.69 Å². The van der Waals surface area contributed by atoms with Crippen LogP contribution in [0.4, 0.5) is 10.6 Å². The highest BCUT2D eigenvalue weighted by molar-refractivity contribution is 6.32. The van der Waals surface area contributed by atoms with Crippen LogP contribution in [0.5, 0.6) is 5.75 Å². The summed E-state index contributed by atoms with van der Waals surface area (Å²) in [5, 5.41) is 7.93. The van der Waals surface area contributed by atoms with E-state index in [4.69, 9.17) is 16.3 Å². The molecule has 0 bridgehead atoms. The summed E-state index contributed by atoms with van der Waals surface area (Å²) in [6, 6.07) is 18.0. The van der Waals surface area contributed by atoms with Crippen molar-refractivity contribution in [2.75, 3.05) is 5.32 Å². The van der Waals surface area contributed by atoms with Crippen molar-refractivity contribution < 1.29 is 9.53 Å². The second-order valence-corrected chi connectivity index (χ2v) is 7.26. The van der Waals surface area contributed by atoms with Crippen molar-refractivity contribution in [3.05, 3.63) is 71.4 Å². The number of hydrogen-bond donors (Lipinski definition) is 1. The highest BCUT2D eigenvalue weighted by Crippen LogP contribution is 2.29. The maximum Gasteiger partial charge on any atom is 0.418 e. The summed E-state index contributed by atoms with van der Waals surface area (Å²) in [5.41, 5.74) is 1.32. The van der Waals surface area contributed by atoms with Crippen LogP contribution in [0.15, 0.2) is 60.7 Å². The van der Waals surface area contributed by atoms with E-state index in [0.29, 0.717) is 22.3 Å². The van der Waals surface area contributed by atoms with Gasteiger partial charge in [-0.05, 0) is 24.3 Å². The number of nitrogens with one attached hydrogen (secondary N) is 1. The Kier molecular flexibility index (Phi) is 5.00. The minimum atomic E-state index is -0.593. The van der Waals surface area contributed by atoms with Gasteiger partial charge in [-0.1, -0.05) is 62.7 Å². The molecule has 3 aromatic rings. The first-order chi connectivity index (χ1) is 12.3. The number of ether oxygens (including phenoxy) is 1. The number of benzene rings is 2. The monoisotopic (exact) mass is 369 g/mol.